The molecular weight excluding hydrogens is 148 g/mol. The highest BCUT2D eigenvalue weighted by atomic mass is 16.5. The van der Waals surface area contributed by atoms with Crippen LogP contribution in [-0.2, 0) is 14.3 Å². The Kier molecular flexibility index (Phi) is 2.10. The van der Waals surface area contributed by atoms with Gasteiger partial charge in [-0.3, -0.25) is 4.79 Å². The average Bonchev–Trinajstić information content (AvgIpc) is 2.05. The Morgan fingerprint density at radius 3 is 2.91 bits per heavy atom. The lowest BCUT2D eigenvalue weighted by molar-refractivity contribution is -0.141. The standard InChI is InChI=1S/C6H6N2O3/c1-11-6(10)4-2-3-5(9)8-7-4/h2-4H,1H3. The summed E-state index contributed by atoms with van der Waals surface area (Å²) in [4.78, 5) is 21.2. The molecule has 5 heteroatoms. The van der Waals surface area contributed by atoms with Crippen LogP contribution in [0.3, 0.4) is 0 Å². The minimum absolute atomic E-state index is 0.454. The van der Waals surface area contributed by atoms with E-state index in [0.717, 1.165) is 0 Å². The molecule has 1 amide bonds. The lowest BCUT2D eigenvalue weighted by atomic mass is 10.2. The Morgan fingerprint density at radius 2 is 2.45 bits per heavy atom. The molecule has 0 N–H and O–H groups in total. The van der Waals surface area contributed by atoms with Crippen molar-refractivity contribution in [2.45, 2.75) is 6.04 Å². The molecule has 0 bridgehead atoms. The van der Waals surface area contributed by atoms with Gasteiger partial charge in [0.05, 0.1) is 7.11 Å². The Balaban J connectivity index is 2.65. The average molecular weight is 154 g/mol. The minimum Gasteiger partial charge on any atom is -0.467 e. The van der Waals surface area contributed by atoms with Crippen LogP contribution in [-0.4, -0.2) is 25.0 Å². The monoisotopic (exact) mass is 154 g/mol. The van der Waals surface area contributed by atoms with Crippen LogP contribution in [0.15, 0.2) is 22.4 Å². The van der Waals surface area contributed by atoms with Crippen LogP contribution in [0.2, 0.25) is 0 Å². The maximum absolute atomic E-state index is 10.7. The smallest absolute Gasteiger partial charge is 0.336 e. The van der Waals surface area contributed by atoms with Gasteiger partial charge in [0.15, 0.2) is 6.04 Å². The third-order valence-corrected chi connectivity index (χ3v) is 1.14. The molecular formula is C6H6N2O3. The number of esters is 1. The summed E-state index contributed by atoms with van der Waals surface area (Å²) in [5.74, 6) is -0.970. The summed E-state index contributed by atoms with van der Waals surface area (Å²) in [5, 5.41) is 6.57. The summed E-state index contributed by atoms with van der Waals surface area (Å²) in [6.07, 6.45) is 2.54. The largest absolute Gasteiger partial charge is 0.467 e. The molecule has 0 fully saturated rings. The SMILES string of the molecule is COC(=O)C1C=CC(=O)N=N1. The van der Waals surface area contributed by atoms with E-state index in [9.17, 15) is 9.59 Å². The summed E-state index contributed by atoms with van der Waals surface area (Å²) >= 11 is 0. The van der Waals surface area contributed by atoms with Crippen LogP contribution < -0.4 is 0 Å². The van der Waals surface area contributed by atoms with Gasteiger partial charge in [0, 0.05) is 6.08 Å². The third-order valence-electron chi connectivity index (χ3n) is 1.14. The van der Waals surface area contributed by atoms with Crippen LogP contribution in [0, 0.1) is 0 Å². The van der Waals surface area contributed by atoms with E-state index >= 15 is 0 Å². The quantitative estimate of drug-likeness (QED) is 0.502. The fourth-order valence-corrected chi connectivity index (χ4v) is 0.611. The lowest BCUT2D eigenvalue weighted by Gasteiger charge is -2.04. The fourth-order valence-electron chi connectivity index (χ4n) is 0.611. The van der Waals surface area contributed by atoms with Crippen LogP contribution in [0.1, 0.15) is 0 Å². The normalized spacial score (nSPS) is 21.9. The van der Waals surface area contributed by atoms with E-state index in [-0.39, 0.29) is 0 Å². The second kappa shape index (κ2) is 3.05. The number of methoxy groups -OCH3 is 1. The van der Waals surface area contributed by atoms with Crippen molar-refractivity contribution in [3.05, 3.63) is 12.2 Å². The highest BCUT2D eigenvalue weighted by Gasteiger charge is 2.17. The van der Waals surface area contributed by atoms with Crippen LogP contribution in [0.5, 0.6) is 0 Å². The maximum Gasteiger partial charge on any atom is 0.336 e. The van der Waals surface area contributed by atoms with Crippen molar-refractivity contribution in [2.24, 2.45) is 10.2 Å². The van der Waals surface area contributed by atoms with Crippen molar-refractivity contribution in [2.75, 3.05) is 7.11 Å². The highest BCUT2D eigenvalue weighted by molar-refractivity contribution is 5.91. The fraction of sp³-hybridized carbons (Fsp3) is 0.333. The molecule has 0 spiro atoms. The van der Waals surface area contributed by atoms with Gasteiger partial charge in [0.25, 0.3) is 5.91 Å². The summed E-state index contributed by atoms with van der Waals surface area (Å²) in [6, 6.07) is -0.752. The van der Waals surface area contributed by atoms with Gasteiger partial charge >= 0.3 is 5.97 Å². The molecule has 0 radical (unpaired) electrons. The molecule has 1 aliphatic rings. The number of hydrogen-bond acceptors (Lipinski definition) is 4. The molecule has 58 valence electrons. The van der Waals surface area contributed by atoms with Gasteiger partial charge < -0.3 is 4.74 Å². The van der Waals surface area contributed by atoms with Crippen molar-refractivity contribution in [1.82, 2.24) is 0 Å². The predicted octanol–water partition coefficient (Wildman–Crippen LogP) is 0.0766. The number of rotatable bonds is 1. The predicted molar refractivity (Wildman–Crippen MR) is 34.8 cm³/mol. The molecule has 11 heavy (non-hydrogen) atoms. The van der Waals surface area contributed by atoms with Gasteiger partial charge in [-0.2, -0.15) is 5.11 Å². The van der Waals surface area contributed by atoms with Crippen molar-refractivity contribution >= 4 is 11.9 Å². The van der Waals surface area contributed by atoms with Gasteiger partial charge in [-0.05, 0) is 6.08 Å². The summed E-state index contributed by atoms with van der Waals surface area (Å²) < 4.78 is 4.37. The van der Waals surface area contributed by atoms with Crippen LogP contribution >= 0.6 is 0 Å². The van der Waals surface area contributed by atoms with E-state index in [2.05, 4.69) is 15.0 Å². The Bertz CT molecular complexity index is 228. The van der Waals surface area contributed by atoms with E-state index < -0.39 is 17.9 Å². The zero-order valence-corrected chi connectivity index (χ0v) is 5.85. The summed E-state index contributed by atoms with van der Waals surface area (Å²) in [7, 11) is 1.25. The Hall–Kier alpha value is -1.52. The number of hydrogen-bond donors (Lipinski definition) is 0. The van der Waals surface area contributed by atoms with E-state index in [0.29, 0.717) is 0 Å². The molecule has 1 unspecified atom stereocenters. The summed E-state index contributed by atoms with van der Waals surface area (Å²) in [5.41, 5.74) is 0. The van der Waals surface area contributed by atoms with Gasteiger partial charge in [-0.25, -0.2) is 4.79 Å². The molecule has 1 heterocycles. The first-order chi connectivity index (χ1) is 5.24. The lowest BCUT2D eigenvalue weighted by Crippen LogP contribution is -2.19. The molecule has 5 nitrogen and oxygen atoms in total. The molecule has 0 aromatic carbocycles. The van der Waals surface area contributed by atoms with Crippen molar-refractivity contribution in [3.8, 4) is 0 Å². The number of ether oxygens (including phenoxy) is 1. The number of carbonyl (C=O) groups is 2. The first-order valence-electron chi connectivity index (χ1n) is 2.95. The van der Waals surface area contributed by atoms with Crippen LogP contribution in [0.4, 0.5) is 0 Å². The zero-order chi connectivity index (χ0) is 8.27. The topological polar surface area (TPSA) is 68.1 Å². The van der Waals surface area contributed by atoms with E-state index in [1.54, 1.807) is 0 Å². The Morgan fingerprint density at radius 1 is 1.73 bits per heavy atom. The van der Waals surface area contributed by atoms with Gasteiger partial charge in [-0.1, -0.05) is 0 Å². The molecule has 0 saturated carbocycles. The zero-order valence-electron chi connectivity index (χ0n) is 5.85. The molecule has 0 aromatic rings. The summed E-state index contributed by atoms with van der Waals surface area (Å²) in [6.45, 7) is 0. The molecule has 0 aromatic heterocycles. The first kappa shape index (κ1) is 7.59. The molecule has 1 aliphatic heterocycles. The molecule has 0 aliphatic carbocycles. The van der Waals surface area contributed by atoms with Crippen molar-refractivity contribution in [1.29, 1.82) is 0 Å². The van der Waals surface area contributed by atoms with E-state index in [1.165, 1.54) is 19.3 Å². The molecule has 0 saturated heterocycles. The first-order valence-corrected chi connectivity index (χ1v) is 2.95. The van der Waals surface area contributed by atoms with Gasteiger partial charge in [-0.15, -0.1) is 5.11 Å². The number of azo groups is 1. The van der Waals surface area contributed by atoms with Crippen LogP contribution in [0.25, 0.3) is 0 Å². The second-order valence-corrected chi connectivity index (χ2v) is 1.88. The maximum atomic E-state index is 10.7. The van der Waals surface area contributed by atoms with Gasteiger partial charge in [0.2, 0.25) is 0 Å². The van der Waals surface area contributed by atoms with E-state index in [1.807, 2.05) is 0 Å². The second-order valence-electron chi connectivity index (χ2n) is 1.88. The van der Waals surface area contributed by atoms with Gasteiger partial charge in [0.1, 0.15) is 0 Å². The number of nitrogens with zero attached hydrogens (tertiary/aromatic N) is 2. The minimum atomic E-state index is -0.752. The number of carbonyl (C=O) groups excluding carboxylic acids is 2. The van der Waals surface area contributed by atoms with Crippen molar-refractivity contribution in [3.63, 3.8) is 0 Å². The van der Waals surface area contributed by atoms with E-state index in [4.69, 9.17) is 0 Å². The molecule has 1 atom stereocenters. The number of amides is 1. The Labute approximate surface area is 62.8 Å². The third kappa shape index (κ3) is 1.70. The highest BCUT2D eigenvalue weighted by Crippen LogP contribution is 2.03. The van der Waals surface area contributed by atoms with Crippen molar-refractivity contribution < 1.29 is 14.3 Å². The molecule has 1 rings (SSSR count).